The number of carbonyl (C=O) groups is 1. The molecule has 0 bridgehead atoms. The summed E-state index contributed by atoms with van der Waals surface area (Å²) in [4.78, 5) is 22.0. The monoisotopic (exact) mass is 246 g/mol. The maximum absolute atomic E-state index is 11.2. The smallest absolute Gasteiger partial charge is 0.242 e. The van der Waals surface area contributed by atoms with Gasteiger partial charge in [-0.05, 0) is 31.7 Å². The molecule has 1 aromatic carbocycles. The standard InChI is InChI=1S/C14H18N2O2/c1-14(16,13(15)18)12(10-17)9-5-8-11-6-3-2-4-7-11/h2-4,6-7H,5,8-9,16H2,1H3,(H2,15,18). The van der Waals surface area contributed by atoms with E-state index in [1.165, 1.54) is 12.5 Å². The predicted molar refractivity (Wildman–Crippen MR) is 70.4 cm³/mol. The Bertz CT molecular complexity index is 460. The van der Waals surface area contributed by atoms with Gasteiger partial charge in [-0.25, -0.2) is 4.79 Å². The normalized spacial score (nSPS) is 13.4. The van der Waals surface area contributed by atoms with E-state index in [2.05, 4.69) is 0 Å². The lowest BCUT2D eigenvalue weighted by Gasteiger charge is -2.21. The van der Waals surface area contributed by atoms with Crippen LogP contribution in [0.3, 0.4) is 0 Å². The topological polar surface area (TPSA) is 86.2 Å². The van der Waals surface area contributed by atoms with Gasteiger partial charge in [0.2, 0.25) is 5.91 Å². The molecular weight excluding hydrogens is 228 g/mol. The number of rotatable bonds is 6. The summed E-state index contributed by atoms with van der Waals surface area (Å²) in [5.41, 5.74) is 10.9. The Balaban J connectivity index is 2.57. The van der Waals surface area contributed by atoms with Gasteiger partial charge in [-0.1, -0.05) is 30.3 Å². The summed E-state index contributed by atoms with van der Waals surface area (Å²) in [5, 5.41) is 0. The van der Waals surface area contributed by atoms with Crippen LogP contribution in [0.5, 0.6) is 0 Å². The molecule has 0 aliphatic rings. The minimum atomic E-state index is -1.40. The second kappa shape index (κ2) is 6.15. The third-order valence-corrected chi connectivity index (χ3v) is 3.00. The molecule has 1 atom stereocenters. The van der Waals surface area contributed by atoms with Crippen LogP contribution in [0.1, 0.15) is 25.3 Å². The second-order valence-electron chi connectivity index (χ2n) is 4.49. The van der Waals surface area contributed by atoms with E-state index in [9.17, 15) is 9.59 Å². The van der Waals surface area contributed by atoms with Crippen LogP contribution in [0.2, 0.25) is 0 Å². The molecular formula is C14H18N2O2. The molecule has 4 heteroatoms. The van der Waals surface area contributed by atoms with E-state index in [0.717, 1.165) is 12.8 Å². The molecule has 0 radical (unpaired) electrons. The van der Waals surface area contributed by atoms with Crippen molar-refractivity contribution in [3.05, 3.63) is 41.5 Å². The average Bonchev–Trinajstić information content (AvgIpc) is 2.35. The Kier molecular flexibility index (Phi) is 4.84. The number of nitrogens with two attached hydrogens (primary N) is 2. The minimum Gasteiger partial charge on any atom is -0.368 e. The third kappa shape index (κ3) is 3.55. The van der Waals surface area contributed by atoms with Crippen molar-refractivity contribution in [1.29, 1.82) is 0 Å². The molecule has 1 aromatic rings. The Morgan fingerprint density at radius 3 is 2.44 bits per heavy atom. The quantitative estimate of drug-likeness (QED) is 0.733. The van der Waals surface area contributed by atoms with Crippen LogP contribution in [0.25, 0.3) is 0 Å². The molecule has 0 saturated heterocycles. The molecule has 0 aliphatic heterocycles. The van der Waals surface area contributed by atoms with Gasteiger partial charge in [0.25, 0.3) is 0 Å². The van der Waals surface area contributed by atoms with Gasteiger partial charge in [-0.15, -0.1) is 0 Å². The zero-order chi connectivity index (χ0) is 13.6. The fourth-order valence-corrected chi connectivity index (χ4v) is 1.68. The van der Waals surface area contributed by atoms with Crippen molar-refractivity contribution in [2.45, 2.75) is 31.7 Å². The number of benzene rings is 1. The first kappa shape index (κ1) is 14.2. The number of primary amides is 1. The highest BCUT2D eigenvalue weighted by molar-refractivity contribution is 5.90. The van der Waals surface area contributed by atoms with Crippen LogP contribution in [-0.2, 0) is 16.0 Å². The van der Waals surface area contributed by atoms with E-state index >= 15 is 0 Å². The first-order chi connectivity index (χ1) is 8.48. The van der Waals surface area contributed by atoms with Crippen LogP contribution in [0, 0.1) is 0 Å². The SMILES string of the molecule is CC(N)(C(N)=O)C(=C=O)CCCc1ccccc1. The van der Waals surface area contributed by atoms with Gasteiger partial charge >= 0.3 is 0 Å². The number of hydrogen-bond acceptors (Lipinski definition) is 3. The molecule has 1 rings (SSSR count). The molecule has 4 nitrogen and oxygen atoms in total. The molecule has 4 N–H and O–H groups in total. The first-order valence-corrected chi connectivity index (χ1v) is 5.85. The minimum absolute atomic E-state index is 0.228. The molecule has 18 heavy (non-hydrogen) atoms. The maximum Gasteiger partial charge on any atom is 0.242 e. The Morgan fingerprint density at radius 2 is 1.94 bits per heavy atom. The highest BCUT2D eigenvalue weighted by Gasteiger charge is 2.31. The van der Waals surface area contributed by atoms with Crippen molar-refractivity contribution in [1.82, 2.24) is 0 Å². The summed E-state index contributed by atoms with van der Waals surface area (Å²) in [5.74, 6) is 1.04. The number of hydrogen-bond donors (Lipinski definition) is 2. The van der Waals surface area contributed by atoms with Gasteiger partial charge in [-0.2, -0.15) is 0 Å². The van der Waals surface area contributed by atoms with E-state index < -0.39 is 11.4 Å². The maximum atomic E-state index is 11.2. The van der Waals surface area contributed by atoms with E-state index in [0.29, 0.717) is 6.42 Å². The van der Waals surface area contributed by atoms with Gasteiger partial charge < -0.3 is 11.5 Å². The molecule has 0 fully saturated rings. The summed E-state index contributed by atoms with van der Waals surface area (Å²) < 4.78 is 0. The van der Waals surface area contributed by atoms with Gasteiger partial charge in [0.15, 0.2) is 0 Å². The van der Waals surface area contributed by atoms with Crippen molar-refractivity contribution < 1.29 is 9.59 Å². The summed E-state index contributed by atoms with van der Waals surface area (Å²) in [6, 6.07) is 9.90. The van der Waals surface area contributed by atoms with Gasteiger partial charge in [-0.3, -0.25) is 4.79 Å². The van der Waals surface area contributed by atoms with Crippen LogP contribution >= 0.6 is 0 Å². The zero-order valence-electron chi connectivity index (χ0n) is 10.5. The molecule has 0 saturated carbocycles. The second-order valence-corrected chi connectivity index (χ2v) is 4.49. The highest BCUT2D eigenvalue weighted by Crippen LogP contribution is 2.17. The van der Waals surface area contributed by atoms with Gasteiger partial charge in [0.1, 0.15) is 11.5 Å². The Hall–Kier alpha value is -1.90. The molecule has 0 heterocycles. The molecule has 1 unspecified atom stereocenters. The number of amides is 1. The zero-order valence-corrected chi connectivity index (χ0v) is 10.5. The van der Waals surface area contributed by atoms with Crippen LogP contribution in [0.4, 0.5) is 0 Å². The molecule has 0 aromatic heterocycles. The molecule has 96 valence electrons. The van der Waals surface area contributed by atoms with Crippen LogP contribution in [-0.4, -0.2) is 17.4 Å². The lowest BCUT2D eigenvalue weighted by molar-refractivity contribution is -0.121. The molecule has 1 amide bonds. The van der Waals surface area contributed by atoms with Crippen molar-refractivity contribution in [2.75, 3.05) is 0 Å². The van der Waals surface area contributed by atoms with Crippen LogP contribution in [0.15, 0.2) is 35.9 Å². The molecule has 0 spiro atoms. The highest BCUT2D eigenvalue weighted by atomic mass is 16.1. The van der Waals surface area contributed by atoms with E-state index in [4.69, 9.17) is 11.5 Å². The Labute approximate surface area is 107 Å². The van der Waals surface area contributed by atoms with Crippen LogP contribution < -0.4 is 11.5 Å². The average molecular weight is 246 g/mol. The summed E-state index contributed by atoms with van der Waals surface area (Å²) in [6.45, 7) is 1.44. The van der Waals surface area contributed by atoms with Gasteiger partial charge in [0.05, 0.1) is 0 Å². The molecule has 0 aliphatic carbocycles. The van der Waals surface area contributed by atoms with E-state index in [1.54, 1.807) is 5.94 Å². The fourth-order valence-electron chi connectivity index (χ4n) is 1.68. The summed E-state index contributed by atoms with van der Waals surface area (Å²) in [7, 11) is 0. The fraction of sp³-hybridized carbons (Fsp3) is 0.357. The summed E-state index contributed by atoms with van der Waals surface area (Å²) in [6.07, 6.45) is 1.98. The van der Waals surface area contributed by atoms with Crippen molar-refractivity contribution >= 4 is 11.8 Å². The van der Waals surface area contributed by atoms with E-state index in [1.807, 2.05) is 30.3 Å². The first-order valence-electron chi connectivity index (χ1n) is 5.85. The Morgan fingerprint density at radius 1 is 1.33 bits per heavy atom. The van der Waals surface area contributed by atoms with Gasteiger partial charge in [0, 0.05) is 5.57 Å². The summed E-state index contributed by atoms with van der Waals surface area (Å²) >= 11 is 0. The van der Waals surface area contributed by atoms with Crippen molar-refractivity contribution in [3.63, 3.8) is 0 Å². The number of aryl methyl sites for hydroxylation is 1. The van der Waals surface area contributed by atoms with Crippen molar-refractivity contribution in [2.24, 2.45) is 11.5 Å². The van der Waals surface area contributed by atoms with E-state index in [-0.39, 0.29) is 5.57 Å². The predicted octanol–water partition coefficient (Wildman–Crippen LogP) is 0.970. The number of carbonyl (C=O) groups excluding carboxylic acids is 2. The largest absolute Gasteiger partial charge is 0.368 e. The lowest BCUT2D eigenvalue weighted by Crippen LogP contribution is -2.51. The third-order valence-electron chi connectivity index (χ3n) is 3.00. The lowest BCUT2D eigenvalue weighted by atomic mass is 9.89. The van der Waals surface area contributed by atoms with Crippen molar-refractivity contribution in [3.8, 4) is 0 Å².